The molecule has 68 valence electrons. The van der Waals surface area contributed by atoms with Crippen LogP contribution in [-0.2, 0) is 0 Å². The van der Waals surface area contributed by atoms with Crippen LogP contribution in [0, 0.1) is 7.05 Å². The van der Waals surface area contributed by atoms with Crippen molar-refractivity contribution in [1.82, 2.24) is 4.90 Å². The molecule has 0 aliphatic carbocycles. The van der Waals surface area contributed by atoms with Crippen LogP contribution < -0.4 is 0 Å². The zero-order chi connectivity index (χ0) is 9.10. The number of benzene rings is 1. The van der Waals surface area contributed by atoms with Gasteiger partial charge in [0.25, 0.3) is 0 Å². The molecule has 0 radical (unpaired) electrons. The molecule has 0 N–H and O–H groups in total. The average Bonchev–Trinajstić information content (AvgIpc) is 2.20. The Morgan fingerprint density at radius 1 is 1.15 bits per heavy atom. The van der Waals surface area contributed by atoms with Gasteiger partial charge in [-0.3, -0.25) is 7.05 Å². The fourth-order valence-corrected chi connectivity index (χ4v) is 1.63. The van der Waals surface area contributed by atoms with E-state index in [9.17, 15) is 0 Å². The van der Waals surface area contributed by atoms with Gasteiger partial charge in [-0.25, -0.2) is 0 Å². The van der Waals surface area contributed by atoms with Crippen molar-refractivity contribution in [3.63, 3.8) is 0 Å². The zero-order valence-electron chi connectivity index (χ0n) is 7.74. The summed E-state index contributed by atoms with van der Waals surface area (Å²) in [5, 5.41) is 0. The molecule has 0 spiro atoms. The molecule has 0 saturated heterocycles. The van der Waals surface area contributed by atoms with Crippen molar-refractivity contribution in [3.05, 3.63) is 49.0 Å². The van der Waals surface area contributed by atoms with Crippen LogP contribution in [0.2, 0.25) is 0 Å². The first kappa shape index (κ1) is 8.52. The number of hydrogen-bond acceptors (Lipinski definition) is 1. The van der Waals surface area contributed by atoms with E-state index in [-0.39, 0.29) is 0 Å². The Kier molecular flexibility index (Phi) is 2.46. The molecule has 0 amide bonds. The SMILES string of the molecule is [CH2-]N1CC=C(c2ccccc2)CC1. The summed E-state index contributed by atoms with van der Waals surface area (Å²) in [6, 6.07) is 10.6. The molecule has 1 heteroatoms. The molecule has 1 nitrogen and oxygen atoms in total. The molecule has 1 aromatic rings. The summed E-state index contributed by atoms with van der Waals surface area (Å²) in [5.74, 6) is 0. The van der Waals surface area contributed by atoms with Crippen LogP contribution in [0.4, 0.5) is 0 Å². The van der Waals surface area contributed by atoms with Gasteiger partial charge in [-0.2, -0.15) is 0 Å². The molecule has 1 heterocycles. The molecule has 0 unspecified atom stereocenters. The lowest BCUT2D eigenvalue weighted by atomic mass is 10.00. The lowest BCUT2D eigenvalue weighted by Gasteiger charge is -2.28. The fraction of sp³-hybridized carbons (Fsp3) is 0.250. The van der Waals surface area contributed by atoms with Gasteiger partial charge in [-0.05, 0) is 30.6 Å². The number of nitrogens with zero attached hydrogens (tertiary/aromatic N) is 1. The van der Waals surface area contributed by atoms with Gasteiger partial charge in [-0.15, -0.1) is 0 Å². The highest BCUT2D eigenvalue weighted by Crippen LogP contribution is 2.21. The van der Waals surface area contributed by atoms with Crippen LogP contribution >= 0.6 is 0 Å². The predicted molar refractivity (Wildman–Crippen MR) is 56.0 cm³/mol. The molecule has 0 bridgehead atoms. The molecule has 0 saturated carbocycles. The van der Waals surface area contributed by atoms with Gasteiger partial charge in [0.1, 0.15) is 0 Å². The van der Waals surface area contributed by atoms with Crippen molar-refractivity contribution in [2.75, 3.05) is 13.1 Å². The van der Waals surface area contributed by atoms with E-state index in [2.05, 4.69) is 48.4 Å². The molecule has 0 fully saturated rings. The smallest absolute Gasteiger partial charge is 0.0111 e. The predicted octanol–water partition coefficient (Wildman–Crippen LogP) is 2.57. The van der Waals surface area contributed by atoms with Crippen molar-refractivity contribution in [1.29, 1.82) is 0 Å². The van der Waals surface area contributed by atoms with Gasteiger partial charge >= 0.3 is 0 Å². The van der Waals surface area contributed by atoms with E-state index in [4.69, 9.17) is 0 Å². The molecule has 1 aliphatic heterocycles. The molecule has 13 heavy (non-hydrogen) atoms. The van der Waals surface area contributed by atoms with Crippen molar-refractivity contribution >= 4 is 5.57 Å². The maximum atomic E-state index is 3.91. The molecular weight excluding hydrogens is 158 g/mol. The highest BCUT2D eigenvalue weighted by molar-refractivity contribution is 5.66. The Hall–Kier alpha value is -1.08. The summed E-state index contributed by atoms with van der Waals surface area (Å²) in [6.45, 7) is 2.05. The van der Waals surface area contributed by atoms with Crippen molar-refractivity contribution in [3.8, 4) is 0 Å². The number of rotatable bonds is 1. The summed E-state index contributed by atoms with van der Waals surface area (Å²) in [4.78, 5) is 2.09. The maximum Gasteiger partial charge on any atom is -0.0111 e. The first-order chi connectivity index (χ1) is 6.36. The standard InChI is InChI=1S/C12H14N/c1-13-9-7-12(8-10-13)11-5-3-2-4-6-11/h2-7H,1,8-10H2/q-1. The van der Waals surface area contributed by atoms with Gasteiger partial charge in [-0.1, -0.05) is 36.4 Å². The van der Waals surface area contributed by atoms with Crippen LogP contribution in [0.5, 0.6) is 0 Å². The van der Waals surface area contributed by atoms with E-state index in [1.165, 1.54) is 11.1 Å². The van der Waals surface area contributed by atoms with Gasteiger partial charge in [0.05, 0.1) is 0 Å². The summed E-state index contributed by atoms with van der Waals surface area (Å²) >= 11 is 0. The summed E-state index contributed by atoms with van der Waals surface area (Å²) in [5.41, 5.74) is 2.82. The Labute approximate surface area is 79.7 Å². The second-order valence-electron chi connectivity index (χ2n) is 3.42. The lowest BCUT2D eigenvalue weighted by molar-refractivity contribution is 0.408. The van der Waals surface area contributed by atoms with E-state index >= 15 is 0 Å². The summed E-state index contributed by atoms with van der Waals surface area (Å²) in [6.07, 6.45) is 3.39. The Balaban J connectivity index is 2.19. The third-order valence-corrected chi connectivity index (χ3v) is 2.44. The molecular formula is C12H14N-. The average molecular weight is 172 g/mol. The molecule has 1 aromatic carbocycles. The van der Waals surface area contributed by atoms with Gasteiger partial charge in [0, 0.05) is 0 Å². The van der Waals surface area contributed by atoms with Crippen molar-refractivity contribution < 1.29 is 0 Å². The third kappa shape index (κ3) is 1.99. The second kappa shape index (κ2) is 3.75. The van der Waals surface area contributed by atoms with E-state index in [0.717, 1.165) is 19.5 Å². The Morgan fingerprint density at radius 3 is 2.54 bits per heavy atom. The molecule has 0 aromatic heterocycles. The fourth-order valence-electron chi connectivity index (χ4n) is 1.63. The first-order valence-corrected chi connectivity index (χ1v) is 4.66. The highest BCUT2D eigenvalue weighted by Gasteiger charge is 2.05. The molecule has 0 atom stereocenters. The second-order valence-corrected chi connectivity index (χ2v) is 3.42. The van der Waals surface area contributed by atoms with Crippen LogP contribution in [0.3, 0.4) is 0 Å². The van der Waals surface area contributed by atoms with Crippen LogP contribution in [-0.4, -0.2) is 18.0 Å². The van der Waals surface area contributed by atoms with Gasteiger partial charge in [0.2, 0.25) is 0 Å². The minimum atomic E-state index is 0.976. The monoisotopic (exact) mass is 172 g/mol. The largest absolute Gasteiger partial charge is 0.456 e. The Bertz CT molecular complexity index is 300. The normalized spacial score (nSPS) is 18.4. The van der Waals surface area contributed by atoms with E-state index < -0.39 is 0 Å². The Morgan fingerprint density at radius 2 is 1.92 bits per heavy atom. The summed E-state index contributed by atoms with van der Waals surface area (Å²) < 4.78 is 0. The van der Waals surface area contributed by atoms with Crippen molar-refractivity contribution in [2.24, 2.45) is 0 Å². The van der Waals surface area contributed by atoms with Crippen LogP contribution in [0.15, 0.2) is 36.4 Å². The third-order valence-electron chi connectivity index (χ3n) is 2.44. The zero-order valence-corrected chi connectivity index (χ0v) is 7.74. The minimum absolute atomic E-state index is 0.976. The highest BCUT2D eigenvalue weighted by atomic mass is 15.1. The van der Waals surface area contributed by atoms with Gasteiger partial charge in [0.15, 0.2) is 0 Å². The van der Waals surface area contributed by atoms with Crippen LogP contribution in [0.25, 0.3) is 5.57 Å². The van der Waals surface area contributed by atoms with Crippen molar-refractivity contribution in [2.45, 2.75) is 6.42 Å². The molecule has 1 aliphatic rings. The van der Waals surface area contributed by atoms with Gasteiger partial charge < -0.3 is 4.90 Å². The van der Waals surface area contributed by atoms with E-state index in [1.807, 2.05) is 0 Å². The van der Waals surface area contributed by atoms with E-state index in [0.29, 0.717) is 0 Å². The summed E-state index contributed by atoms with van der Waals surface area (Å²) in [7, 11) is 3.91. The quantitative estimate of drug-likeness (QED) is 0.588. The number of hydrogen-bond donors (Lipinski definition) is 0. The first-order valence-electron chi connectivity index (χ1n) is 4.66. The molecule has 2 rings (SSSR count). The van der Waals surface area contributed by atoms with Crippen LogP contribution in [0.1, 0.15) is 12.0 Å². The lowest BCUT2D eigenvalue weighted by Crippen LogP contribution is -2.21. The minimum Gasteiger partial charge on any atom is -0.456 e. The van der Waals surface area contributed by atoms with E-state index in [1.54, 1.807) is 0 Å². The maximum absolute atomic E-state index is 3.91. The topological polar surface area (TPSA) is 3.24 Å².